The fourth-order valence-corrected chi connectivity index (χ4v) is 5.43. The summed E-state index contributed by atoms with van der Waals surface area (Å²) in [6.07, 6.45) is 0.982. The normalized spacial score (nSPS) is 18.7. The number of rotatable bonds is 2. The van der Waals surface area contributed by atoms with E-state index < -0.39 is 12.1 Å². The fourth-order valence-electron chi connectivity index (χ4n) is 4.41. The summed E-state index contributed by atoms with van der Waals surface area (Å²) in [6, 6.07) is 18.3. The van der Waals surface area contributed by atoms with Gasteiger partial charge in [-0.2, -0.15) is 10.1 Å². The van der Waals surface area contributed by atoms with Crippen molar-refractivity contribution in [1.29, 1.82) is 0 Å². The molecule has 0 saturated carbocycles. The highest BCUT2D eigenvalue weighted by atomic mass is 35.5. The summed E-state index contributed by atoms with van der Waals surface area (Å²) in [6.45, 7) is 0. The van der Waals surface area contributed by atoms with Gasteiger partial charge in [-0.25, -0.2) is 4.68 Å². The predicted octanol–water partition coefficient (Wildman–Crippen LogP) is 7.45. The highest BCUT2D eigenvalue weighted by molar-refractivity contribution is 6.35. The van der Waals surface area contributed by atoms with E-state index in [1.165, 1.54) is 6.33 Å². The Morgan fingerprint density at radius 3 is 2.27 bits per heavy atom. The van der Waals surface area contributed by atoms with Crippen LogP contribution in [0.15, 0.2) is 72.6 Å². The van der Waals surface area contributed by atoms with Crippen molar-refractivity contribution >= 4 is 58.0 Å². The number of fused-ring (bicyclic) bond motifs is 3. The number of nitrogens with zero attached hydrogens (tertiary/aromatic N) is 3. The first-order chi connectivity index (χ1) is 16.0. The van der Waals surface area contributed by atoms with Crippen molar-refractivity contribution in [2.45, 2.75) is 12.1 Å². The molecule has 33 heavy (non-hydrogen) atoms. The molecular weight excluding hydrogens is 502 g/mol. The summed E-state index contributed by atoms with van der Waals surface area (Å²) < 4.78 is 8.35. The highest BCUT2D eigenvalue weighted by Crippen LogP contribution is 2.52. The molecule has 1 aromatic heterocycles. The molecule has 5 nitrogen and oxygen atoms in total. The molecule has 0 saturated heterocycles. The van der Waals surface area contributed by atoms with Gasteiger partial charge in [0.25, 0.3) is 0 Å². The average molecular weight is 516 g/mol. The quantitative estimate of drug-likeness (QED) is 0.301. The Morgan fingerprint density at radius 2 is 1.55 bits per heavy atom. The van der Waals surface area contributed by atoms with Gasteiger partial charge in [-0.1, -0.05) is 70.7 Å². The number of aromatic nitrogens is 3. The zero-order chi connectivity index (χ0) is 22.7. The van der Waals surface area contributed by atoms with Crippen molar-refractivity contribution in [1.82, 2.24) is 14.8 Å². The van der Waals surface area contributed by atoms with Crippen LogP contribution in [0.25, 0.3) is 5.70 Å². The minimum atomic E-state index is -0.527. The van der Waals surface area contributed by atoms with Gasteiger partial charge in [-0.05, 0) is 42.0 Å². The van der Waals surface area contributed by atoms with Crippen molar-refractivity contribution in [3.63, 3.8) is 0 Å². The maximum atomic E-state index is 6.70. The van der Waals surface area contributed by atoms with Crippen LogP contribution in [0, 0.1) is 0 Å². The Bertz CT molecular complexity index is 1450. The molecule has 2 atom stereocenters. The summed E-state index contributed by atoms with van der Waals surface area (Å²) in [5.41, 5.74) is 4.30. The van der Waals surface area contributed by atoms with Crippen LogP contribution in [-0.4, -0.2) is 14.8 Å². The fraction of sp³-hybridized carbons (Fsp3) is 0.0833. The monoisotopic (exact) mass is 514 g/mol. The third-order valence-corrected chi connectivity index (χ3v) is 6.95. The van der Waals surface area contributed by atoms with Gasteiger partial charge in [0.15, 0.2) is 6.10 Å². The average Bonchev–Trinajstić information content (AvgIpc) is 3.26. The minimum absolute atomic E-state index is 0.409. The first-order valence-corrected chi connectivity index (χ1v) is 11.6. The number of benzene rings is 3. The molecule has 4 aromatic rings. The van der Waals surface area contributed by atoms with Gasteiger partial charge in [0, 0.05) is 36.8 Å². The third kappa shape index (κ3) is 3.39. The van der Waals surface area contributed by atoms with Crippen LogP contribution in [0.3, 0.4) is 0 Å². The summed E-state index contributed by atoms with van der Waals surface area (Å²) >= 11 is 25.7. The number of nitrogens with one attached hydrogen (secondary N) is 1. The number of ether oxygens (including phenoxy) is 1. The van der Waals surface area contributed by atoms with Gasteiger partial charge in [-0.3, -0.25) is 0 Å². The van der Waals surface area contributed by atoms with Crippen molar-refractivity contribution in [3.05, 3.63) is 109 Å². The summed E-state index contributed by atoms with van der Waals surface area (Å²) in [5.74, 6) is 1.33. The van der Waals surface area contributed by atoms with Crippen LogP contribution < -0.4 is 10.1 Å². The molecule has 1 N–H and O–H groups in total. The Kier molecular flexibility index (Phi) is 5.03. The van der Waals surface area contributed by atoms with E-state index in [-0.39, 0.29) is 0 Å². The molecular formula is C24H14Cl4N4O. The van der Waals surface area contributed by atoms with E-state index in [9.17, 15) is 0 Å². The predicted molar refractivity (Wildman–Crippen MR) is 131 cm³/mol. The summed E-state index contributed by atoms with van der Waals surface area (Å²) in [5, 5.41) is 10.1. The number of hydrogen-bond acceptors (Lipinski definition) is 4. The third-order valence-electron chi connectivity index (χ3n) is 5.82. The largest absolute Gasteiger partial charge is 0.480 e. The van der Waals surface area contributed by atoms with E-state index in [2.05, 4.69) is 15.4 Å². The van der Waals surface area contributed by atoms with E-state index in [1.54, 1.807) is 22.9 Å². The second-order valence-corrected chi connectivity index (χ2v) is 9.40. The van der Waals surface area contributed by atoms with Crippen molar-refractivity contribution in [3.8, 4) is 5.75 Å². The van der Waals surface area contributed by atoms with Gasteiger partial charge < -0.3 is 10.1 Å². The second-order valence-electron chi connectivity index (χ2n) is 7.71. The van der Waals surface area contributed by atoms with Crippen molar-refractivity contribution in [2.24, 2.45) is 0 Å². The molecule has 164 valence electrons. The Balaban J connectivity index is 1.66. The van der Waals surface area contributed by atoms with Gasteiger partial charge in [0.1, 0.15) is 18.1 Å². The van der Waals surface area contributed by atoms with Crippen LogP contribution in [0.1, 0.15) is 28.8 Å². The Labute approximate surface area is 209 Å². The number of hydrogen-bond donors (Lipinski definition) is 1. The van der Waals surface area contributed by atoms with Crippen LogP contribution in [0.2, 0.25) is 20.1 Å². The lowest BCUT2D eigenvalue weighted by Gasteiger charge is -2.39. The van der Waals surface area contributed by atoms with Crippen LogP contribution in [-0.2, 0) is 0 Å². The van der Waals surface area contributed by atoms with Crippen LogP contribution >= 0.6 is 46.4 Å². The summed E-state index contributed by atoms with van der Waals surface area (Å²) in [4.78, 5) is 4.42. The number of para-hydroxylation sites is 1. The Hall–Kier alpha value is -2.70. The number of anilines is 1. The molecule has 0 amide bonds. The number of halogens is 4. The molecule has 0 fully saturated rings. The second kappa shape index (κ2) is 7.96. The minimum Gasteiger partial charge on any atom is -0.480 e. The molecule has 0 aliphatic carbocycles. The highest BCUT2D eigenvalue weighted by Gasteiger charge is 2.42. The smallest absolute Gasteiger partial charge is 0.226 e. The molecule has 3 aromatic carbocycles. The van der Waals surface area contributed by atoms with Gasteiger partial charge in [0.05, 0.1) is 5.70 Å². The SMILES string of the molecule is Clc1ccc([C@@H]2Oc3ccccc3C3=C2[C@@H](c2ccc(Cl)cc2Cl)n2ncnc2N3)c(Cl)c1. The lowest BCUT2D eigenvalue weighted by atomic mass is 9.84. The molecule has 3 heterocycles. The maximum absolute atomic E-state index is 6.70. The first-order valence-electron chi connectivity index (χ1n) is 10.1. The van der Waals surface area contributed by atoms with Gasteiger partial charge in [0.2, 0.25) is 5.95 Å². The lowest BCUT2D eigenvalue weighted by molar-refractivity contribution is 0.223. The van der Waals surface area contributed by atoms with Crippen molar-refractivity contribution < 1.29 is 4.74 Å². The standard InChI is InChI=1S/C24H14Cl4N4O/c25-12-5-7-14(17(27)9-12)22-20-21(31-24-29-11-30-32(22)24)16-3-1-2-4-19(16)33-23(20)15-8-6-13(26)10-18(15)28/h1-11,22-23H,(H,29,30,31)/t22-,23+/m1/s1. The first kappa shape index (κ1) is 20.9. The zero-order valence-electron chi connectivity index (χ0n) is 16.8. The van der Waals surface area contributed by atoms with Gasteiger partial charge in [-0.15, -0.1) is 0 Å². The van der Waals surface area contributed by atoms with Gasteiger partial charge >= 0.3 is 0 Å². The Morgan fingerprint density at radius 1 is 0.848 bits per heavy atom. The van der Waals surface area contributed by atoms with Crippen molar-refractivity contribution in [2.75, 3.05) is 5.32 Å². The molecule has 0 bridgehead atoms. The molecule has 9 heteroatoms. The van der Waals surface area contributed by atoms with E-state index in [0.717, 1.165) is 33.7 Å². The van der Waals surface area contributed by atoms with E-state index in [4.69, 9.17) is 51.1 Å². The topological polar surface area (TPSA) is 52.0 Å². The molecule has 0 unspecified atom stereocenters. The molecule has 0 radical (unpaired) electrons. The molecule has 0 spiro atoms. The van der Waals surface area contributed by atoms with E-state index >= 15 is 0 Å². The summed E-state index contributed by atoms with van der Waals surface area (Å²) in [7, 11) is 0. The van der Waals surface area contributed by atoms with Crippen LogP contribution in [0.5, 0.6) is 5.75 Å². The maximum Gasteiger partial charge on any atom is 0.226 e. The zero-order valence-corrected chi connectivity index (χ0v) is 19.8. The molecule has 6 rings (SSSR count). The molecule has 2 aliphatic heterocycles. The lowest BCUT2D eigenvalue weighted by Crippen LogP contribution is -2.32. The molecule has 2 aliphatic rings. The van der Waals surface area contributed by atoms with E-state index in [0.29, 0.717) is 26.0 Å². The van der Waals surface area contributed by atoms with E-state index in [1.807, 2.05) is 42.5 Å². The van der Waals surface area contributed by atoms with Crippen LogP contribution in [0.4, 0.5) is 5.95 Å².